The highest BCUT2D eigenvalue weighted by Crippen LogP contribution is 2.45. The van der Waals surface area contributed by atoms with Gasteiger partial charge in [0.15, 0.2) is 0 Å². The van der Waals surface area contributed by atoms with Gasteiger partial charge < -0.3 is 15.0 Å². The highest BCUT2D eigenvalue weighted by molar-refractivity contribution is 5.58. The first-order valence-electron chi connectivity index (χ1n) is 9.84. The molecule has 1 aromatic heterocycles. The molecular formula is C21H28N4O. The third kappa shape index (κ3) is 4.52. The predicted molar refractivity (Wildman–Crippen MR) is 104 cm³/mol. The fraction of sp³-hybridized carbons (Fsp3) is 0.524. The van der Waals surface area contributed by atoms with Crippen molar-refractivity contribution >= 4 is 11.6 Å². The first kappa shape index (κ1) is 17.3. The molecule has 5 heteroatoms. The normalized spacial score (nSPS) is 17.4. The molecule has 138 valence electrons. The van der Waals surface area contributed by atoms with E-state index >= 15 is 0 Å². The Bertz CT molecular complexity index is 739. The smallest absolute Gasteiger partial charge is 0.227 e. The number of hydrogen-bond acceptors (Lipinski definition) is 5. The van der Waals surface area contributed by atoms with Crippen LogP contribution < -0.4 is 10.1 Å². The molecule has 2 heterocycles. The quantitative estimate of drug-likeness (QED) is 0.719. The standard InChI is InChI=1S/C21H28N4O/c1-16-9-10-22-21(23-16)24-18-7-8-19(17-5-6-17)20(15-18)26-14-4-13-25-11-2-3-12-25/h7-10,15,17H,2-6,11-14H2,1H3,(H,22,23,24). The number of rotatable bonds is 8. The highest BCUT2D eigenvalue weighted by atomic mass is 16.5. The molecule has 26 heavy (non-hydrogen) atoms. The van der Waals surface area contributed by atoms with Crippen molar-refractivity contribution in [3.8, 4) is 5.75 Å². The van der Waals surface area contributed by atoms with Gasteiger partial charge in [0.25, 0.3) is 0 Å². The monoisotopic (exact) mass is 352 g/mol. The van der Waals surface area contributed by atoms with Crippen molar-refractivity contribution in [1.82, 2.24) is 14.9 Å². The molecular weight excluding hydrogens is 324 g/mol. The number of nitrogens with one attached hydrogen (secondary N) is 1. The Morgan fingerprint density at radius 2 is 2.04 bits per heavy atom. The van der Waals surface area contributed by atoms with E-state index in [0.717, 1.165) is 36.7 Å². The van der Waals surface area contributed by atoms with E-state index in [-0.39, 0.29) is 0 Å². The van der Waals surface area contributed by atoms with Gasteiger partial charge in [0.1, 0.15) is 5.75 Å². The Balaban J connectivity index is 1.39. The number of aromatic nitrogens is 2. The van der Waals surface area contributed by atoms with Crippen LogP contribution in [0.3, 0.4) is 0 Å². The molecule has 1 saturated heterocycles. The molecule has 0 atom stereocenters. The van der Waals surface area contributed by atoms with Crippen molar-refractivity contribution in [3.63, 3.8) is 0 Å². The fourth-order valence-corrected chi connectivity index (χ4v) is 3.58. The summed E-state index contributed by atoms with van der Waals surface area (Å²) in [7, 11) is 0. The summed E-state index contributed by atoms with van der Waals surface area (Å²) in [6.07, 6.45) is 8.11. The number of anilines is 2. The minimum Gasteiger partial charge on any atom is -0.493 e. The lowest BCUT2D eigenvalue weighted by Gasteiger charge is -2.16. The molecule has 2 aliphatic rings. The molecule has 1 aliphatic carbocycles. The van der Waals surface area contributed by atoms with Gasteiger partial charge in [-0.1, -0.05) is 6.07 Å². The summed E-state index contributed by atoms with van der Waals surface area (Å²) in [5.74, 6) is 2.32. The first-order valence-corrected chi connectivity index (χ1v) is 9.84. The number of benzene rings is 1. The van der Waals surface area contributed by atoms with Crippen LogP contribution in [0, 0.1) is 6.92 Å². The summed E-state index contributed by atoms with van der Waals surface area (Å²) in [6.45, 7) is 6.40. The van der Waals surface area contributed by atoms with Crippen molar-refractivity contribution in [2.45, 2.75) is 44.9 Å². The zero-order valence-corrected chi connectivity index (χ0v) is 15.6. The van der Waals surface area contributed by atoms with Gasteiger partial charge in [-0.15, -0.1) is 0 Å². The number of hydrogen-bond donors (Lipinski definition) is 1. The maximum absolute atomic E-state index is 6.19. The van der Waals surface area contributed by atoms with E-state index in [0.29, 0.717) is 11.9 Å². The van der Waals surface area contributed by atoms with Gasteiger partial charge in [-0.05, 0) is 75.7 Å². The summed E-state index contributed by atoms with van der Waals surface area (Å²) < 4.78 is 6.19. The molecule has 0 spiro atoms. The Morgan fingerprint density at radius 3 is 2.81 bits per heavy atom. The Kier molecular flexibility index (Phi) is 5.34. The van der Waals surface area contributed by atoms with E-state index in [2.05, 4.69) is 38.4 Å². The summed E-state index contributed by atoms with van der Waals surface area (Å²) in [5, 5.41) is 3.30. The Hall–Kier alpha value is -2.14. The minimum atomic E-state index is 0.629. The van der Waals surface area contributed by atoms with Crippen LogP contribution in [0.15, 0.2) is 30.5 Å². The van der Waals surface area contributed by atoms with E-state index in [1.165, 1.54) is 44.3 Å². The Labute approximate surface area is 155 Å². The average molecular weight is 352 g/mol. The molecule has 0 unspecified atom stereocenters. The summed E-state index contributed by atoms with van der Waals surface area (Å²) in [5.41, 5.74) is 3.28. The van der Waals surface area contributed by atoms with Gasteiger partial charge in [-0.25, -0.2) is 9.97 Å². The van der Waals surface area contributed by atoms with Gasteiger partial charge in [0.2, 0.25) is 5.95 Å². The minimum absolute atomic E-state index is 0.629. The molecule has 2 aromatic rings. The van der Waals surface area contributed by atoms with Crippen LogP contribution >= 0.6 is 0 Å². The third-order valence-corrected chi connectivity index (χ3v) is 5.16. The molecule has 5 nitrogen and oxygen atoms in total. The Morgan fingerprint density at radius 1 is 1.19 bits per heavy atom. The van der Waals surface area contributed by atoms with Gasteiger partial charge >= 0.3 is 0 Å². The van der Waals surface area contributed by atoms with Gasteiger partial charge in [-0.3, -0.25) is 0 Å². The SMILES string of the molecule is Cc1ccnc(Nc2ccc(C3CC3)c(OCCCN3CCCC3)c2)n1. The first-order chi connectivity index (χ1) is 12.8. The number of ether oxygens (including phenoxy) is 1. The van der Waals surface area contributed by atoms with Crippen molar-refractivity contribution < 1.29 is 4.74 Å². The second-order valence-corrected chi connectivity index (χ2v) is 7.42. The van der Waals surface area contributed by atoms with E-state index < -0.39 is 0 Å². The topological polar surface area (TPSA) is 50.3 Å². The van der Waals surface area contributed by atoms with Crippen molar-refractivity contribution in [1.29, 1.82) is 0 Å². The molecule has 1 aliphatic heterocycles. The summed E-state index contributed by atoms with van der Waals surface area (Å²) in [6, 6.07) is 8.31. The lowest BCUT2D eigenvalue weighted by atomic mass is 10.1. The highest BCUT2D eigenvalue weighted by Gasteiger charge is 2.27. The molecule has 2 fully saturated rings. The summed E-state index contributed by atoms with van der Waals surface area (Å²) >= 11 is 0. The predicted octanol–water partition coefficient (Wildman–Crippen LogP) is 4.27. The van der Waals surface area contributed by atoms with E-state index in [1.807, 2.05) is 13.0 Å². The second kappa shape index (κ2) is 8.04. The molecule has 0 amide bonds. The van der Waals surface area contributed by atoms with Crippen LogP contribution in [-0.2, 0) is 0 Å². The molecule has 0 bridgehead atoms. The van der Waals surface area contributed by atoms with Crippen LogP contribution in [0.25, 0.3) is 0 Å². The van der Waals surface area contributed by atoms with E-state index in [4.69, 9.17) is 4.74 Å². The fourth-order valence-electron chi connectivity index (χ4n) is 3.58. The zero-order chi connectivity index (χ0) is 17.8. The second-order valence-electron chi connectivity index (χ2n) is 7.42. The van der Waals surface area contributed by atoms with Crippen molar-refractivity contribution in [2.24, 2.45) is 0 Å². The molecule has 1 saturated carbocycles. The number of nitrogens with zero attached hydrogens (tertiary/aromatic N) is 3. The van der Waals surface area contributed by atoms with Crippen LogP contribution in [0.1, 0.15) is 49.3 Å². The van der Waals surface area contributed by atoms with Crippen LogP contribution in [-0.4, -0.2) is 41.1 Å². The molecule has 0 radical (unpaired) electrons. The third-order valence-electron chi connectivity index (χ3n) is 5.16. The maximum atomic E-state index is 6.19. The van der Waals surface area contributed by atoms with Crippen LogP contribution in [0.5, 0.6) is 5.75 Å². The van der Waals surface area contributed by atoms with Crippen LogP contribution in [0.4, 0.5) is 11.6 Å². The zero-order valence-electron chi connectivity index (χ0n) is 15.6. The van der Waals surface area contributed by atoms with Crippen molar-refractivity contribution in [2.75, 3.05) is 31.6 Å². The van der Waals surface area contributed by atoms with E-state index in [9.17, 15) is 0 Å². The summed E-state index contributed by atoms with van der Waals surface area (Å²) in [4.78, 5) is 11.2. The lowest BCUT2D eigenvalue weighted by Crippen LogP contribution is -2.22. The van der Waals surface area contributed by atoms with Gasteiger partial charge in [-0.2, -0.15) is 0 Å². The van der Waals surface area contributed by atoms with Gasteiger partial charge in [0, 0.05) is 30.2 Å². The lowest BCUT2D eigenvalue weighted by molar-refractivity contribution is 0.262. The average Bonchev–Trinajstić information content (AvgIpc) is 3.34. The van der Waals surface area contributed by atoms with E-state index in [1.54, 1.807) is 6.20 Å². The van der Waals surface area contributed by atoms with Gasteiger partial charge in [0.05, 0.1) is 6.61 Å². The molecule has 1 N–H and O–H groups in total. The number of aryl methyl sites for hydroxylation is 1. The molecule has 4 rings (SSSR count). The van der Waals surface area contributed by atoms with Crippen LogP contribution in [0.2, 0.25) is 0 Å². The number of likely N-dealkylation sites (tertiary alicyclic amines) is 1. The largest absolute Gasteiger partial charge is 0.493 e. The molecule has 1 aromatic carbocycles. The maximum Gasteiger partial charge on any atom is 0.227 e. The van der Waals surface area contributed by atoms with Crippen molar-refractivity contribution in [3.05, 3.63) is 41.7 Å².